The molecular formula is C19H18ClFN4O2. The molecule has 0 bridgehead atoms. The maximum atomic E-state index is 13.0. The molecule has 0 radical (unpaired) electrons. The highest BCUT2D eigenvalue weighted by Gasteiger charge is 2.19. The number of rotatable bonds is 5. The van der Waals surface area contributed by atoms with E-state index in [0.29, 0.717) is 23.0 Å². The number of halogens is 2. The number of hydrogen-bond donors (Lipinski definition) is 1. The van der Waals surface area contributed by atoms with Gasteiger partial charge < -0.3 is 14.7 Å². The lowest BCUT2D eigenvalue weighted by Crippen LogP contribution is -2.38. The normalized spacial score (nSPS) is 11.9. The first kappa shape index (κ1) is 18.8. The number of aromatic nitrogens is 2. The first-order valence-corrected chi connectivity index (χ1v) is 8.66. The zero-order valence-corrected chi connectivity index (χ0v) is 15.6. The van der Waals surface area contributed by atoms with Crippen molar-refractivity contribution >= 4 is 17.6 Å². The topological polar surface area (TPSA) is 71.3 Å². The molecule has 1 heterocycles. The molecular weight excluding hydrogens is 371 g/mol. The van der Waals surface area contributed by atoms with Crippen LogP contribution in [0.25, 0.3) is 11.4 Å². The molecule has 0 spiro atoms. The SMILES string of the molecule is CC(NC(=O)N(C)Cc1cccc(Cl)c1)c1nc(-c2ccc(F)cc2)no1. The first-order chi connectivity index (χ1) is 12.9. The summed E-state index contributed by atoms with van der Waals surface area (Å²) in [5.41, 5.74) is 1.55. The van der Waals surface area contributed by atoms with Gasteiger partial charge in [0.15, 0.2) is 0 Å². The van der Waals surface area contributed by atoms with Crippen LogP contribution >= 0.6 is 11.6 Å². The average Bonchev–Trinajstić information content (AvgIpc) is 3.12. The number of nitrogens with zero attached hydrogens (tertiary/aromatic N) is 3. The third-order valence-corrected chi connectivity index (χ3v) is 4.15. The molecule has 8 heteroatoms. The minimum atomic E-state index is -0.485. The van der Waals surface area contributed by atoms with Gasteiger partial charge in [-0.2, -0.15) is 4.98 Å². The van der Waals surface area contributed by atoms with Gasteiger partial charge in [0.1, 0.15) is 11.9 Å². The summed E-state index contributed by atoms with van der Waals surface area (Å²) in [4.78, 5) is 18.2. The Bertz CT molecular complexity index is 929. The second kappa shape index (κ2) is 8.18. The van der Waals surface area contributed by atoms with Crippen molar-refractivity contribution in [2.75, 3.05) is 7.05 Å². The summed E-state index contributed by atoms with van der Waals surface area (Å²) < 4.78 is 18.2. The summed E-state index contributed by atoms with van der Waals surface area (Å²) in [6, 6.07) is 12.3. The van der Waals surface area contributed by atoms with Gasteiger partial charge in [-0.15, -0.1) is 0 Å². The Morgan fingerprint density at radius 2 is 2.04 bits per heavy atom. The minimum Gasteiger partial charge on any atom is -0.337 e. The van der Waals surface area contributed by atoms with Crippen molar-refractivity contribution in [3.63, 3.8) is 0 Å². The standard InChI is InChI=1S/C19H18ClFN4O2/c1-12(18-23-17(24-27-18)14-6-8-16(21)9-7-14)22-19(26)25(2)11-13-4-3-5-15(20)10-13/h3-10,12H,11H2,1-2H3,(H,22,26). The fourth-order valence-corrected chi connectivity index (χ4v) is 2.68. The Kier molecular flexibility index (Phi) is 5.71. The van der Waals surface area contributed by atoms with E-state index >= 15 is 0 Å². The molecule has 0 fully saturated rings. The third-order valence-electron chi connectivity index (χ3n) is 3.91. The summed E-state index contributed by atoms with van der Waals surface area (Å²) in [7, 11) is 1.68. The van der Waals surface area contributed by atoms with Crippen LogP contribution in [-0.2, 0) is 6.54 Å². The van der Waals surface area contributed by atoms with Gasteiger partial charge in [0.05, 0.1) is 0 Å². The van der Waals surface area contributed by atoms with E-state index < -0.39 is 6.04 Å². The van der Waals surface area contributed by atoms with Crippen LogP contribution in [0.3, 0.4) is 0 Å². The van der Waals surface area contributed by atoms with E-state index in [9.17, 15) is 9.18 Å². The van der Waals surface area contributed by atoms with E-state index in [1.165, 1.54) is 17.0 Å². The van der Waals surface area contributed by atoms with Crippen LogP contribution in [0.15, 0.2) is 53.1 Å². The van der Waals surface area contributed by atoms with E-state index in [0.717, 1.165) is 5.56 Å². The third kappa shape index (κ3) is 4.83. The van der Waals surface area contributed by atoms with Crippen molar-refractivity contribution < 1.29 is 13.7 Å². The zero-order valence-electron chi connectivity index (χ0n) is 14.8. The molecule has 2 amide bonds. The molecule has 0 saturated carbocycles. The van der Waals surface area contributed by atoms with Gasteiger partial charge in [0, 0.05) is 24.2 Å². The molecule has 1 N–H and O–H groups in total. The number of benzene rings is 2. The van der Waals surface area contributed by atoms with Gasteiger partial charge in [0.25, 0.3) is 0 Å². The molecule has 2 aromatic carbocycles. The highest BCUT2D eigenvalue weighted by molar-refractivity contribution is 6.30. The Labute approximate surface area is 160 Å². The van der Waals surface area contributed by atoms with Crippen molar-refractivity contribution in [3.8, 4) is 11.4 Å². The Balaban J connectivity index is 1.62. The van der Waals surface area contributed by atoms with Crippen LogP contribution < -0.4 is 5.32 Å². The van der Waals surface area contributed by atoms with Gasteiger partial charge in [-0.25, -0.2) is 9.18 Å². The van der Waals surface area contributed by atoms with Gasteiger partial charge in [0.2, 0.25) is 11.7 Å². The minimum absolute atomic E-state index is 0.263. The number of hydrogen-bond acceptors (Lipinski definition) is 4. The molecule has 0 saturated heterocycles. The smallest absolute Gasteiger partial charge is 0.318 e. The van der Waals surface area contributed by atoms with Gasteiger partial charge in [-0.3, -0.25) is 0 Å². The van der Waals surface area contributed by atoms with E-state index in [1.54, 1.807) is 32.2 Å². The predicted molar refractivity (Wildman–Crippen MR) is 99.6 cm³/mol. The summed E-state index contributed by atoms with van der Waals surface area (Å²) in [5, 5.41) is 7.30. The molecule has 0 aliphatic carbocycles. The molecule has 3 aromatic rings. The van der Waals surface area contributed by atoms with E-state index in [4.69, 9.17) is 16.1 Å². The molecule has 1 atom stereocenters. The summed E-state index contributed by atoms with van der Waals surface area (Å²) in [5.74, 6) is 0.253. The lowest BCUT2D eigenvalue weighted by molar-refractivity contribution is 0.200. The van der Waals surface area contributed by atoms with Crippen molar-refractivity contribution in [3.05, 3.63) is 70.8 Å². The Morgan fingerprint density at radius 1 is 1.30 bits per heavy atom. The van der Waals surface area contributed by atoms with Crippen LogP contribution in [-0.4, -0.2) is 28.1 Å². The second-order valence-corrected chi connectivity index (χ2v) is 6.56. The van der Waals surface area contributed by atoms with Crippen LogP contribution in [0.5, 0.6) is 0 Å². The van der Waals surface area contributed by atoms with Crippen LogP contribution in [0.4, 0.5) is 9.18 Å². The van der Waals surface area contributed by atoms with Gasteiger partial charge in [-0.05, 0) is 48.9 Å². The molecule has 1 aromatic heterocycles. The average molecular weight is 389 g/mol. The van der Waals surface area contributed by atoms with Crippen molar-refractivity contribution in [1.82, 2.24) is 20.4 Å². The summed E-state index contributed by atoms with van der Waals surface area (Å²) >= 11 is 5.97. The monoisotopic (exact) mass is 388 g/mol. The quantitative estimate of drug-likeness (QED) is 0.701. The Morgan fingerprint density at radius 3 is 2.74 bits per heavy atom. The summed E-state index contributed by atoms with van der Waals surface area (Å²) in [6.45, 7) is 2.15. The zero-order chi connectivity index (χ0) is 19.4. The molecule has 140 valence electrons. The first-order valence-electron chi connectivity index (χ1n) is 8.28. The largest absolute Gasteiger partial charge is 0.337 e. The number of urea groups is 1. The van der Waals surface area contributed by atoms with Crippen molar-refractivity contribution in [1.29, 1.82) is 0 Å². The molecule has 0 aliphatic rings. The Hall–Kier alpha value is -2.93. The lowest BCUT2D eigenvalue weighted by Gasteiger charge is -2.20. The second-order valence-electron chi connectivity index (χ2n) is 6.12. The van der Waals surface area contributed by atoms with Gasteiger partial charge in [-0.1, -0.05) is 28.9 Å². The highest BCUT2D eigenvalue weighted by Crippen LogP contribution is 2.19. The van der Waals surface area contributed by atoms with Crippen LogP contribution in [0.1, 0.15) is 24.4 Å². The van der Waals surface area contributed by atoms with E-state index in [2.05, 4.69) is 15.5 Å². The number of amides is 2. The maximum Gasteiger partial charge on any atom is 0.318 e. The molecule has 27 heavy (non-hydrogen) atoms. The number of carbonyl (C=O) groups is 1. The van der Waals surface area contributed by atoms with Crippen molar-refractivity contribution in [2.45, 2.75) is 19.5 Å². The van der Waals surface area contributed by atoms with E-state index in [-0.39, 0.29) is 17.7 Å². The molecule has 6 nitrogen and oxygen atoms in total. The molecule has 1 unspecified atom stereocenters. The van der Waals surface area contributed by atoms with Gasteiger partial charge >= 0.3 is 6.03 Å². The summed E-state index contributed by atoms with van der Waals surface area (Å²) in [6.07, 6.45) is 0. The fourth-order valence-electron chi connectivity index (χ4n) is 2.47. The fraction of sp³-hybridized carbons (Fsp3) is 0.211. The van der Waals surface area contributed by atoms with Crippen LogP contribution in [0, 0.1) is 5.82 Å². The lowest BCUT2D eigenvalue weighted by atomic mass is 10.2. The maximum absolute atomic E-state index is 13.0. The van der Waals surface area contributed by atoms with Crippen molar-refractivity contribution in [2.24, 2.45) is 0 Å². The number of carbonyl (C=O) groups excluding carboxylic acids is 1. The van der Waals surface area contributed by atoms with Crippen LogP contribution in [0.2, 0.25) is 5.02 Å². The predicted octanol–water partition coefficient (Wildman–Crippen LogP) is 4.43. The highest BCUT2D eigenvalue weighted by atomic mass is 35.5. The van der Waals surface area contributed by atoms with E-state index in [1.807, 2.05) is 18.2 Å². The molecule has 3 rings (SSSR count). The molecule has 0 aliphatic heterocycles. The number of nitrogens with one attached hydrogen (secondary N) is 1.